The molecule has 6 unspecified atom stereocenters. The fourth-order valence-electron chi connectivity index (χ4n) is 20.7. The summed E-state index contributed by atoms with van der Waals surface area (Å²) in [6.07, 6.45) is 5.94. The van der Waals surface area contributed by atoms with Gasteiger partial charge in [-0.2, -0.15) is 20.4 Å². The van der Waals surface area contributed by atoms with Crippen LogP contribution in [0.25, 0.3) is 43.1 Å². The Morgan fingerprint density at radius 1 is 0.324 bits per heavy atom. The van der Waals surface area contributed by atoms with E-state index in [-0.39, 0.29) is 100 Å². The van der Waals surface area contributed by atoms with E-state index in [1.54, 1.807) is 102 Å². The lowest BCUT2D eigenvalue weighted by Crippen LogP contribution is -2.38. The first-order chi connectivity index (χ1) is 66.1. The van der Waals surface area contributed by atoms with Crippen molar-refractivity contribution in [2.24, 2.45) is 46.4 Å². The molecule has 0 spiro atoms. The number of nitrogens with zero attached hydrogens (tertiary/aromatic N) is 12. The Bertz CT molecular complexity index is 7380. The summed E-state index contributed by atoms with van der Waals surface area (Å²) in [7, 11) is 0. The highest BCUT2D eigenvalue weighted by atomic mass is 19.1. The fraction of sp³-hybridized carbons (Fsp3) is 0.274. The van der Waals surface area contributed by atoms with Gasteiger partial charge in [0.15, 0.2) is 0 Å². The SMILES string of the molecule is O=C(c1cc(Cc2n[nH]c(=O)c3ccccc23)ccc1F)N1CC2=C(CN=C2)C1.O=C(c1cc(Cc2n[nH]c(=O)c3ccccc23)ccc1F)N1CC2C(=O)N(Cc3ccccc3)C(=O)C2C1.O=C(c1cc(Cc2n[nH]c(=O)c3ccccc23)ccc1F)N1CC2CN(CC3CC3)CC2C1.O=C(c1cc(Cc2n[nH]c(=O)c3ccccc23)ccc1F)N1CC2CN(Cc3ccccc3)CC2C1. The average Bonchev–Trinajstić information content (AvgIpc) is 1.61. The number of benzene rings is 10. The van der Waals surface area contributed by atoms with Crippen LogP contribution in [0.15, 0.2) is 266 Å². The van der Waals surface area contributed by atoms with Crippen molar-refractivity contribution < 1.29 is 46.3 Å². The second-order valence-corrected chi connectivity index (χ2v) is 36.9. The number of carbonyl (C=O) groups is 6. The van der Waals surface area contributed by atoms with Crippen LogP contribution in [0.1, 0.15) is 110 Å². The highest BCUT2D eigenvalue weighted by Gasteiger charge is 2.54. The molecule has 9 aliphatic rings. The van der Waals surface area contributed by atoms with Crippen molar-refractivity contribution in [3.63, 3.8) is 0 Å². The van der Waals surface area contributed by atoms with Gasteiger partial charge in [0.1, 0.15) is 23.3 Å². The molecular weight excluding hydrogens is 1730 g/mol. The van der Waals surface area contributed by atoms with Crippen molar-refractivity contribution in [2.75, 3.05) is 91.6 Å². The van der Waals surface area contributed by atoms with E-state index in [1.165, 1.54) is 65.1 Å². The summed E-state index contributed by atoms with van der Waals surface area (Å²) in [5.74, 6) is -2.74. The molecule has 30 heteroatoms. The number of aromatic nitrogens is 8. The third-order valence-corrected chi connectivity index (χ3v) is 27.8. The molecule has 6 amide bonds. The van der Waals surface area contributed by atoms with Crippen molar-refractivity contribution in [3.8, 4) is 0 Å². The molecular formula is C106H94F4N16O10. The summed E-state index contributed by atoms with van der Waals surface area (Å²) in [6.45, 7) is 10.8. The number of nitrogens with one attached hydrogen (secondary N) is 4. The zero-order valence-electron chi connectivity index (χ0n) is 74.1. The summed E-state index contributed by atoms with van der Waals surface area (Å²) in [5.41, 5.74) is 9.04. The van der Waals surface area contributed by atoms with E-state index in [2.05, 4.69) is 79.8 Å². The minimum atomic E-state index is -0.682. The van der Waals surface area contributed by atoms with Gasteiger partial charge in [0.25, 0.3) is 45.9 Å². The lowest BCUT2D eigenvalue weighted by atomic mass is 10.00. The number of rotatable bonds is 18. The number of carbonyl (C=O) groups excluding carboxylic acids is 6. The number of H-pyrrole nitrogens is 4. The predicted molar refractivity (Wildman–Crippen MR) is 504 cm³/mol. The smallest absolute Gasteiger partial charge is 0.272 e. The number of fused-ring (bicyclic) bond motifs is 7. The van der Waals surface area contributed by atoms with Crippen LogP contribution in [0, 0.1) is 64.7 Å². The molecule has 7 fully saturated rings. The van der Waals surface area contributed by atoms with Gasteiger partial charge in [-0.15, -0.1) is 0 Å². The molecule has 26 nitrogen and oxygen atoms in total. The molecule has 136 heavy (non-hydrogen) atoms. The van der Waals surface area contributed by atoms with E-state index in [9.17, 15) is 65.5 Å². The van der Waals surface area contributed by atoms with E-state index in [1.807, 2.05) is 94.7 Å². The summed E-state index contributed by atoms with van der Waals surface area (Å²) in [4.78, 5) is 144. The molecule has 12 heterocycles. The summed E-state index contributed by atoms with van der Waals surface area (Å²) in [6, 6.07) is 66.7. The molecule has 6 saturated heterocycles. The van der Waals surface area contributed by atoms with E-state index in [0.717, 1.165) is 88.2 Å². The van der Waals surface area contributed by atoms with Gasteiger partial charge < -0.3 is 24.5 Å². The van der Waals surface area contributed by atoms with Gasteiger partial charge in [0.2, 0.25) is 11.8 Å². The standard InChI is InChI=1S/C29H23FN4O4.C29H27FN4O2.C26H27FN4O2.C22H17FN4O2/c30-24-11-10-18(13-25-19-8-4-5-9-20(19)26(35)32-31-25)12-21(24)27(36)33-15-22-23(16-33)29(38)34(28(22)37)14-17-6-2-1-3-7-17;30-26-11-10-20(13-27-23-8-4-5-9-24(23)28(35)32-31-27)12-25(26)29(36)34-17-21-15-33(16-22(21)18-34)14-19-6-2-1-3-7-19;27-23-8-7-17(10-24-20-3-1-2-4-21(20)25(32)29-28-24)9-22(23)26(33)31-14-18-12-30(11-16-5-6-16)13-19(18)15-31;23-19-6-5-13(8-20-16-3-1-2-4-17(16)21(28)26-25-20)7-18(19)22(29)27-11-14-9-24-10-15(14)12-27/h1-12,22-23H,13-16H2,(H,32,35);1-12,21-22H,13-18H2,(H,32,35);1-4,7-9,16,18-19H,5-6,10-15H2,(H,29,32);1-7,9H,8,10-12H2,(H,26,28). The zero-order chi connectivity index (χ0) is 93.5. The van der Waals surface area contributed by atoms with Gasteiger partial charge in [-0.3, -0.25) is 62.7 Å². The van der Waals surface area contributed by atoms with Crippen LogP contribution in [0.2, 0.25) is 0 Å². The van der Waals surface area contributed by atoms with Crippen LogP contribution in [0.4, 0.5) is 17.6 Å². The van der Waals surface area contributed by atoms with E-state index in [0.29, 0.717) is 144 Å². The molecule has 10 aromatic carbocycles. The Morgan fingerprint density at radius 3 is 0.971 bits per heavy atom. The first-order valence-electron chi connectivity index (χ1n) is 45.8. The number of halogens is 4. The van der Waals surface area contributed by atoms with E-state index in [4.69, 9.17) is 0 Å². The Morgan fingerprint density at radius 2 is 0.632 bits per heavy atom. The summed E-state index contributed by atoms with van der Waals surface area (Å²) < 4.78 is 58.8. The van der Waals surface area contributed by atoms with Crippen LogP contribution in [-0.4, -0.2) is 208 Å². The van der Waals surface area contributed by atoms with Crippen molar-refractivity contribution >= 4 is 84.7 Å². The Balaban J connectivity index is 0.000000113. The second-order valence-electron chi connectivity index (χ2n) is 36.9. The number of aliphatic imine (C=N–C) groups is 1. The van der Waals surface area contributed by atoms with E-state index < -0.39 is 41.0 Å². The molecule has 8 aliphatic heterocycles. The molecule has 686 valence electrons. The molecule has 1 saturated carbocycles. The lowest BCUT2D eigenvalue weighted by molar-refractivity contribution is -0.141. The van der Waals surface area contributed by atoms with Gasteiger partial charge in [-0.1, -0.05) is 158 Å². The van der Waals surface area contributed by atoms with Crippen LogP contribution in [0.5, 0.6) is 0 Å². The van der Waals surface area contributed by atoms with Crippen LogP contribution in [0.3, 0.4) is 0 Å². The zero-order valence-corrected chi connectivity index (χ0v) is 74.1. The first kappa shape index (κ1) is 88.7. The highest BCUT2D eigenvalue weighted by molar-refractivity contribution is 6.07. The van der Waals surface area contributed by atoms with Crippen LogP contribution in [-0.2, 0) is 48.4 Å². The molecule has 0 bridgehead atoms. The number of likely N-dealkylation sites (tertiary alicyclic amines) is 6. The topological polar surface area (TPSA) is 320 Å². The number of imide groups is 1. The van der Waals surface area contributed by atoms with Gasteiger partial charge in [-0.05, 0) is 160 Å². The van der Waals surface area contributed by atoms with Gasteiger partial charge in [0.05, 0.1) is 91.5 Å². The van der Waals surface area contributed by atoms with Crippen LogP contribution >= 0.6 is 0 Å². The number of hydrogen-bond acceptors (Lipinski definition) is 17. The highest BCUT2D eigenvalue weighted by Crippen LogP contribution is 2.40. The maximum absolute atomic E-state index is 14.8. The first-order valence-corrected chi connectivity index (χ1v) is 45.8. The normalized spacial score (nSPS) is 19.3. The number of aromatic amines is 4. The Kier molecular flexibility index (Phi) is 24.8. The molecule has 6 atom stereocenters. The monoisotopic (exact) mass is 1830 g/mol. The second kappa shape index (κ2) is 38.1. The van der Waals surface area contributed by atoms with Crippen molar-refractivity contribution in [1.29, 1.82) is 0 Å². The number of hydrogen-bond donors (Lipinski definition) is 4. The molecule has 4 N–H and O–H groups in total. The van der Waals surface area contributed by atoms with Crippen LogP contribution < -0.4 is 22.2 Å². The Hall–Kier alpha value is -15.2. The third kappa shape index (κ3) is 18.6. The molecule has 23 rings (SSSR count). The fourth-order valence-corrected chi connectivity index (χ4v) is 20.7. The van der Waals surface area contributed by atoms with Crippen molar-refractivity contribution in [2.45, 2.75) is 51.6 Å². The Labute approximate surface area is 776 Å². The predicted octanol–water partition coefficient (Wildman–Crippen LogP) is 12.3. The molecule has 4 aromatic heterocycles. The summed E-state index contributed by atoms with van der Waals surface area (Å²) >= 11 is 0. The maximum atomic E-state index is 14.8. The van der Waals surface area contributed by atoms with Crippen molar-refractivity contribution in [3.05, 3.63) is 385 Å². The molecule has 1 aliphatic carbocycles. The quantitative estimate of drug-likeness (QED) is 0.0458. The minimum Gasteiger partial charge on any atom is -0.338 e. The van der Waals surface area contributed by atoms with Gasteiger partial charge >= 0.3 is 0 Å². The third-order valence-electron chi connectivity index (χ3n) is 27.8. The van der Waals surface area contributed by atoms with Gasteiger partial charge in [0, 0.05) is 145 Å². The minimum absolute atomic E-state index is 0.0503. The van der Waals surface area contributed by atoms with Crippen molar-refractivity contribution in [1.82, 2.24) is 75.1 Å². The number of amides is 6. The van der Waals surface area contributed by atoms with Gasteiger partial charge in [-0.25, -0.2) is 38.0 Å². The largest absolute Gasteiger partial charge is 0.338 e. The molecule has 14 aromatic rings. The average molecular weight is 1830 g/mol. The molecule has 0 radical (unpaired) electrons. The summed E-state index contributed by atoms with van der Waals surface area (Å²) in [5, 5.41) is 32.0. The maximum Gasteiger partial charge on any atom is 0.272 e. The lowest BCUT2D eigenvalue weighted by Gasteiger charge is -2.22. The van der Waals surface area contributed by atoms with E-state index >= 15 is 0 Å².